The zero-order chi connectivity index (χ0) is 19.4. The molecular weight excluding hydrogens is 342 g/mol. The van der Waals surface area contributed by atoms with E-state index in [-0.39, 0.29) is 6.42 Å². The summed E-state index contributed by atoms with van der Waals surface area (Å²) < 4.78 is 6.08. The number of carbonyl (C=O) groups is 2. The predicted octanol–water partition coefficient (Wildman–Crippen LogP) is 4.31. The molecule has 3 N–H and O–H groups in total. The van der Waals surface area contributed by atoms with E-state index in [0.717, 1.165) is 29.2 Å². The number of carbonyl (C=O) groups excluding carboxylic acids is 1. The lowest BCUT2D eigenvalue weighted by Gasteiger charge is -2.16. The fourth-order valence-corrected chi connectivity index (χ4v) is 3.18. The summed E-state index contributed by atoms with van der Waals surface area (Å²) in [6.45, 7) is 2.04. The molecule has 3 rings (SSSR count). The highest BCUT2D eigenvalue weighted by Crippen LogP contribution is 2.36. The molecule has 0 atom stereocenters. The van der Waals surface area contributed by atoms with E-state index in [1.165, 1.54) is 0 Å². The van der Waals surface area contributed by atoms with Crippen LogP contribution in [0.15, 0.2) is 54.6 Å². The van der Waals surface area contributed by atoms with Gasteiger partial charge in [-0.05, 0) is 35.1 Å². The Morgan fingerprint density at radius 2 is 1.78 bits per heavy atom. The van der Waals surface area contributed by atoms with Crippen molar-refractivity contribution in [3.05, 3.63) is 71.3 Å². The maximum atomic E-state index is 12.2. The van der Waals surface area contributed by atoms with E-state index in [4.69, 9.17) is 15.6 Å². The summed E-state index contributed by atoms with van der Waals surface area (Å²) in [6, 6.07) is 16.5. The van der Waals surface area contributed by atoms with Crippen LogP contribution in [-0.2, 0) is 17.6 Å². The Labute approximate surface area is 157 Å². The van der Waals surface area contributed by atoms with Gasteiger partial charge in [0.1, 0.15) is 11.5 Å². The number of hydrogen-bond donors (Lipinski definition) is 2. The van der Waals surface area contributed by atoms with Crippen molar-refractivity contribution in [2.75, 3.05) is 0 Å². The molecule has 1 amide bonds. The number of primary amides is 1. The summed E-state index contributed by atoms with van der Waals surface area (Å²) in [4.78, 5) is 23.0. The van der Waals surface area contributed by atoms with E-state index in [0.29, 0.717) is 22.6 Å². The number of aliphatic carboxylic acids is 1. The third-order valence-corrected chi connectivity index (χ3v) is 4.35. The number of amides is 1. The largest absolute Gasteiger partial charge is 0.481 e. The molecule has 0 spiro atoms. The lowest BCUT2D eigenvalue weighted by Crippen LogP contribution is -2.15. The third kappa shape index (κ3) is 4.08. The summed E-state index contributed by atoms with van der Waals surface area (Å²) in [5.74, 6) is -0.458. The predicted molar refractivity (Wildman–Crippen MR) is 104 cm³/mol. The van der Waals surface area contributed by atoms with Crippen LogP contribution < -0.4 is 10.5 Å². The third-order valence-electron chi connectivity index (χ3n) is 4.35. The summed E-state index contributed by atoms with van der Waals surface area (Å²) in [6.07, 6.45) is 1.54. The minimum Gasteiger partial charge on any atom is -0.481 e. The van der Waals surface area contributed by atoms with Gasteiger partial charge in [0, 0.05) is 5.39 Å². The first-order valence-corrected chi connectivity index (χ1v) is 8.82. The second-order valence-electron chi connectivity index (χ2n) is 6.39. The maximum absolute atomic E-state index is 12.2. The highest BCUT2D eigenvalue weighted by Gasteiger charge is 2.19. The molecule has 0 saturated heterocycles. The number of carboxylic acids is 1. The minimum atomic E-state index is -0.891. The molecule has 3 aromatic rings. The van der Waals surface area contributed by atoms with Gasteiger partial charge in [-0.25, -0.2) is 0 Å². The van der Waals surface area contributed by atoms with Crippen molar-refractivity contribution in [1.29, 1.82) is 0 Å². The number of fused-ring (bicyclic) bond motifs is 1. The molecule has 0 aliphatic heterocycles. The zero-order valence-electron chi connectivity index (χ0n) is 15.1. The van der Waals surface area contributed by atoms with Crippen LogP contribution in [0.25, 0.3) is 10.8 Å². The first-order chi connectivity index (χ1) is 13.0. The van der Waals surface area contributed by atoms with E-state index in [2.05, 4.69) is 0 Å². The standard InChI is InChI=1S/C22H21NO4/c1-2-5-16-13-15-6-3-4-7-18(15)21(20(16)22(23)26)27-17-10-8-14(9-11-17)12-19(24)25/h3-4,6-11,13H,2,5,12H2,1H3,(H2,23,26)(H,24,25). The van der Waals surface area contributed by atoms with Gasteiger partial charge in [-0.15, -0.1) is 0 Å². The van der Waals surface area contributed by atoms with Gasteiger partial charge in [0.15, 0.2) is 0 Å². The molecule has 3 aromatic carbocycles. The number of aryl methyl sites for hydroxylation is 1. The Kier molecular flexibility index (Phi) is 5.41. The fraction of sp³-hybridized carbons (Fsp3) is 0.182. The zero-order valence-corrected chi connectivity index (χ0v) is 15.1. The summed E-state index contributed by atoms with van der Waals surface area (Å²) >= 11 is 0. The van der Waals surface area contributed by atoms with Crippen molar-refractivity contribution in [2.24, 2.45) is 5.73 Å². The monoisotopic (exact) mass is 363 g/mol. The second kappa shape index (κ2) is 7.91. The summed E-state index contributed by atoms with van der Waals surface area (Å²) in [7, 11) is 0. The molecule has 0 fully saturated rings. The molecule has 5 nitrogen and oxygen atoms in total. The van der Waals surface area contributed by atoms with E-state index in [1.807, 2.05) is 37.3 Å². The first kappa shape index (κ1) is 18.5. The molecular formula is C22H21NO4. The topological polar surface area (TPSA) is 89.6 Å². The molecule has 0 aliphatic rings. The van der Waals surface area contributed by atoms with E-state index >= 15 is 0 Å². The van der Waals surface area contributed by atoms with E-state index in [9.17, 15) is 9.59 Å². The summed E-state index contributed by atoms with van der Waals surface area (Å²) in [5.41, 5.74) is 7.62. The van der Waals surface area contributed by atoms with Crippen LogP contribution in [0, 0.1) is 0 Å². The molecule has 0 saturated carbocycles. The average Bonchev–Trinajstić information content (AvgIpc) is 2.63. The number of rotatable bonds is 7. The second-order valence-corrected chi connectivity index (χ2v) is 6.39. The molecule has 0 heterocycles. The highest BCUT2D eigenvalue weighted by molar-refractivity contribution is 6.04. The van der Waals surface area contributed by atoms with E-state index in [1.54, 1.807) is 24.3 Å². The maximum Gasteiger partial charge on any atom is 0.307 e. The van der Waals surface area contributed by atoms with Gasteiger partial charge in [0.25, 0.3) is 5.91 Å². The van der Waals surface area contributed by atoms with Crippen molar-refractivity contribution < 1.29 is 19.4 Å². The van der Waals surface area contributed by atoms with Crippen LogP contribution in [0.5, 0.6) is 11.5 Å². The molecule has 27 heavy (non-hydrogen) atoms. The Balaban J connectivity index is 2.09. The van der Waals surface area contributed by atoms with Gasteiger partial charge >= 0.3 is 5.97 Å². The SMILES string of the molecule is CCCc1cc2ccccc2c(Oc2ccc(CC(=O)O)cc2)c1C(N)=O. The van der Waals surface area contributed by atoms with Crippen LogP contribution >= 0.6 is 0 Å². The van der Waals surface area contributed by atoms with Crippen molar-refractivity contribution in [1.82, 2.24) is 0 Å². The van der Waals surface area contributed by atoms with Crippen molar-refractivity contribution in [2.45, 2.75) is 26.2 Å². The van der Waals surface area contributed by atoms with Crippen LogP contribution in [0.1, 0.15) is 34.8 Å². The Hall–Kier alpha value is -3.34. The molecule has 0 bridgehead atoms. The molecule has 0 radical (unpaired) electrons. The van der Waals surface area contributed by atoms with Crippen LogP contribution in [-0.4, -0.2) is 17.0 Å². The molecule has 0 aromatic heterocycles. The molecule has 0 unspecified atom stereocenters. The number of carboxylic acid groups (broad SMARTS) is 1. The normalized spacial score (nSPS) is 10.7. The summed E-state index contributed by atoms with van der Waals surface area (Å²) in [5, 5.41) is 10.7. The van der Waals surface area contributed by atoms with Crippen LogP contribution in [0.4, 0.5) is 0 Å². The molecule has 0 aliphatic carbocycles. The lowest BCUT2D eigenvalue weighted by atomic mass is 9.96. The van der Waals surface area contributed by atoms with Crippen molar-refractivity contribution >= 4 is 22.6 Å². The van der Waals surface area contributed by atoms with Gasteiger partial charge in [-0.2, -0.15) is 0 Å². The number of nitrogens with two attached hydrogens (primary N) is 1. The Morgan fingerprint density at radius 1 is 1.07 bits per heavy atom. The van der Waals surface area contributed by atoms with Gasteiger partial charge in [0.2, 0.25) is 0 Å². The fourth-order valence-electron chi connectivity index (χ4n) is 3.18. The van der Waals surface area contributed by atoms with E-state index < -0.39 is 11.9 Å². The minimum absolute atomic E-state index is 0.0538. The first-order valence-electron chi connectivity index (χ1n) is 8.82. The van der Waals surface area contributed by atoms with Crippen LogP contribution in [0.2, 0.25) is 0 Å². The van der Waals surface area contributed by atoms with Crippen LogP contribution in [0.3, 0.4) is 0 Å². The Morgan fingerprint density at radius 3 is 2.41 bits per heavy atom. The quantitative estimate of drug-likeness (QED) is 0.654. The van der Waals surface area contributed by atoms with Gasteiger partial charge in [-0.1, -0.05) is 55.8 Å². The number of hydrogen-bond acceptors (Lipinski definition) is 3. The Bertz CT molecular complexity index is 993. The van der Waals surface area contributed by atoms with Crippen molar-refractivity contribution in [3.63, 3.8) is 0 Å². The van der Waals surface area contributed by atoms with Crippen molar-refractivity contribution in [3.8, 4) is 11.5 Å². The highest BCUT2D eigenvalue weighted by atomic mass is 16.5. The smallest absolute Gasteiger partial charge is 0.307 e. The number of ether oxygens (including phenoxy) is 1. The van der Waals surface area contributed by atoms with Gasteiger partial charge in [-0.3, -0.25) is 9.59 Å². The van der Waals surface area contributed by atoms with Gasteiger partial charge < -0.3 is 15.6 Å². The molecule has 138 valence electrons. The average molecular weight is 363 g/mol. The lowest BCUT2D eigenvalue weighted by molar-refractivity contribution is -0.136. The van der Waals surface area contributed by atoms with Gasteiger partial charge in [0.05, 0.1) is 12.0 Å². The molecule has 5 heteroatoms. The number of benzene rings is 3.